The van der Waals surface area contributed by atoms with E-state index in [1.165, 1.54) is 0 Å². The summed E-state index contributed by atoms with van der Waals surface area (Å²) in [6.45, 7) is 0. The molecule has 0 bridgehead atoms. The van der Waals surface area contributed by atoms with Crippen LogP contribution < -0.4 is 5.32 Å². The quantitative estimate of drug-likeness (QED) is 0.911. The standard InChI is InChI=1S/C15H14Cl2N4O/c16-9-5-7-10(8-6-9)18-15-20-13(19-14(17)21-15)11-3-1-2-4-12(11)22/h5-8,11H,1-4H2,(H,18,19,20,21). The molecule has 22 heavy (non-hydrogen) atoms. The molecular formula is C15H14Cl2N4O. The van der Waals surface area contributed by atoms with Crippen molar-refractivity contribution in [3.63, 3.8) is 0 Å². The number of carbonyl (C=O) groups is 1. The van der Waals surface area contributed by atoms with Crippen LogP contribution in [-0.4, -0.2) is 20.7 Å². The summed E-state index contributed by atoms with van der Waals surface area (Å²) in [5.41, 5.74) is 0.785. The van der Waals surface area contributed by atoms with Gasteiger partial charge >= 0.3 is 0 Å². The number of halogens is 2. The number of anilines is 2. The van der Waals surface area contributed by atoms with E-state index in [2.05, 4.69) is 20.3 Å². The molecule has 3 rings (SSSR count). The first-order valence-corrected chi connectivity index (χ1v) is 7.84. The molecule has 1 aliphatic rings. The van der Waals surface area contributed by atoms with Gasteiger partial charge in [-0.15, -0.1) is 0 Å². The summed E-state index contributed by atoms with van der Waals surface area (Å²) >= 11 is 11.8. The Balaban J connectivity index is 1.86. The maximum Gasteiger partial charge on any atom is 0.231 e. The van der Waals surface area contributed by atoms with Gasteiger partial charge in [0.1, 0.15) is 11.6 Å². The van der Waals surface area contributed by atoms with Crippen LogP contribution >= 0.6 is 23.2 Å². The van der Waals surface area contributed by atoms with Crippen molar-refractivity contribution in [1.29, 1.82) is 0 Å². The molecule has 1 N–H and O–H groups in total. The molecule has 114 valence electrons. The molecule has 1 saturated carbocycles. The molecule has 0 spiro atoms. The summed E-state index contributed by atoms with van der Waals surface area (Å²) in [6.07, 6.45) is 3.27. The fourth-order valence-electron chi connectivity index (χ4n) is 2.50. The summed E-state index contributed by atoms with van der Waals surface area (Å²) in [6, 6.07) is 7.15. The third-order valence-electron chi connectivity index (χ3n) is 3.59. The van der Waals surface area contributed by atoms with Gasteiger partial charge in [0.15, 0.2) is 0 Å². The molecule has 1 aliphatic carbocycles. The van der Waals surface area contributed by atoms with Gasteiger partial charge in [-0.2, -0.15) is 9.97 Å². The highest BCUT2D eigenvalue weighted by molar-refractivity contribution is 6.30. The Morgan fingerprint density at radius 2 is 1.82 bits per heavy atom. The van der Waals surface area contributed by atoms with E-state index in [1.807, 2.05) is 12.1 Å². The van der Waals surface area contributed by atoms with Crippen molar-refractivity contribution in [2.75, 3.05) is 5.32 Å². The van der Waals surface area contributed by atoms with Gasteiger partial charge in [-0.05, 0) is 48.7 Å². The van der Waals surface area contributed by atoms with Crippen LogP contribution in [0.1, 0.15) is 37.4 Å². The van der Waals surface area contributed by atoms with Crippen LogP contribution in [-0.2, 0) is 4.79 Å². The highest BCUT2D eigenvalue weighted by atomic mass is 35.5. The van der Waals surface area contributed by atoms with Crippen molar-refractivity contribution in [3.05, 3.63) is 40.4 Å². The molecule has 5 nitrogen and oxygen atoms in total. The summed E-state index contributed by atoms with van der Waals surface area (Å²) in [4.78, 5) is 24.6. The van der Waals surface area contributed by atoms with Gasteiger partial charge in [-0.3, -0.25) is 4.79 Å². The predicted octanol–water partition coefficient (Wildman–Crippen LogP) is 4.15. The minimum atomic E-state index is -0.278. The van der Waals surface area contributed by atoms with Gasteiger partial charge in [-0.25, -0.2) is 4.98 Å². The predicted molar refractivity (Wildman–Crippen MR) is 85.8 cm³/mol. The van der Waals surface area contributed by atoms with Crippen molar-refractivity contribution < 1.29 is 4.79 Å². The minimum Gasteiger partial charge on any atom is -0.324 e. The second-order valence-corrected chi connectivity index (χ2v) is 5.96. The SMILES string of the molecule is O=C1CCCCC1c1nc(Cl)nc(Nc2ccc(Cl)cc2)n1. The lowest BCUT2D eigenvalue weighted by atomic mass is 9.87. The van der Waals surface area contributed by atoms with Crippen molar-refractivity contribution >= 4 is 40.6 Å². The number of hydrogen-bond donors (Lipinski definition) is 1. The van der Waals surface area contributed by atoms with Gasteiger partial charge < -0.3 is 5.32 Å². The number of benzene rings is 1. The second kappa shape index (κ2) is 6.58. The van der Waals surface area contributed by atoms with Crippen molar-refractivity contribution in [2.45, 2.75) is 31.6 Å². The number of nitrogens with zero attached hydrogens (tertiary/aromatic N) is 3. The van der Waals surface area contributed by atoms with Crippen LogP contribution in [0.25, 0.3) is 0 Å². The molecule has 1 atom stereocenters. The van der Waals surface area contributed by atoms with Crippen LogP contribution in [0.4, 0.5) is 11.6 Å². The first kappa shape index (κ1) is 15.2. The first-order chi connectivity index (χ1) is 10.6. The molecule has 1 fully saturated rings. The number of Topliss-reactive ketones (excluding diaryl/α,β-unsaturated/α-hetero) is 1. The lowest BCUT2D eigenvalue weighted by Gasteiger charge is -2.19. The molecular weight excluding hydrogens is 323 g/mol. The zero-order valence-electron chi connectivity index (χ0n) is 11.7. The smallest absolute Gasteiger partial charge is 0.231 e. The molecule has 2 aromatic rings. The van der Waals surface area contributed by atoms with Gasteiger partial charge in [0.2, 0.25) is 11.2 Å². The first-order valence-electron chi connectivity index (χ1n) is 7.08. The van der Waals surface area contributed by atoms with Gasteiger partial charge in [0.05, 0.1) is 5.92 Å². The van der Waals surface area contributed by atoms with E-state index < -0.39 is 0 Å². The van der Waals surface area contributed by atoms with Crippen molar-refractivity contribution in [3.8, 4) is 0 Å². The van der Waals surface area contributed by atoms with Gasteiger partial charge in [-0.1, -0.05) is 18.0 Å². The van der Waals surface area contributed by atoms with E-state index >= 15 is 0 Å². The van der Waals surface area contributed by atoms with Crippen LogP contribution in [0.2, 0.25) is 10.3 Å². The highest BCUT2D eigenvalue weighted by Crippen LogP contribution is 2.29. The van der Waals surface area contributed by atoms with Gasteiger partial charge in [0, 0.05) is 17.1 Å². The largest absolute Gasteiger partial charge is 0.324 e. The monoisotopic (exact) mass is 336 g/mol. The van der Waals surface area contributed by atoms with Crippen LogP contribution in [0.3, 0.4) is 0 Å². The summed E-state index contributed by atoms with van der Waals surface area (Å²) in [5, 5.41) is 3.78. The highest BCUT2D eigenvalue weighted by Gasteiger charge is 2.27. The number of hydrogen-bond acceptors (Lipinski definition) is 5. The molecule has 7 heteroatoms. The van der Waals surface area contributed by atoms with E-state index in [-0.39, 0.29) is 17.0 Å². The molecule has 0 amide bonds. The topological polar surface area (TPSA) is 67.8 Å². The number of aromatic nitrogens is 3. The maximum atomic E-state index is 12.0. The molecule has 0 radical (unpaired) electrons. The number of carbonyl (C=O) groups excluding carboxylic acids is 1. The summed E-state index contributed by atoms with van der Waals surface area (Å²) in [7, 11) is 0. The third-order valence-corrected chi connectivity index (χ3v) is 4.01. The fourth-order valence-corrected chi connectivity index (χ4v) is 2.79. The average Bonchev–Trinajstić information content (AvgIpc) is 2.49. The van der Waals surface area contributed by atoms with Crippen LogP contribution in [0.15, 0.2) is 24.3 Å². The zero-order chi connectivity index (χ0) is 15.5. The Hall–Kier alpha value is -1.72. The Bertz CT molecular complexity index is 690. The number of rotatable bonds is 3. The Morgan fingerprint density at radius 3 is 2.55 bits per heavy atom. The Labute approximate surface area is 138 Å². The Morgan fingerprint density at radius 1 is 1.05 bits per heavy atom. The van der Waals surface area contributed by atoms with Crippen LogP contribution in [0.5, 0.6) is 0 Å². The zero-order valence-corrected chi connectivity index (χ0v) is 13.2. The molecule has 1 heterocycles. The molecule has 0 saturated heterocycles. The van der Waals surface area contributed by atoms with Crippen molar-refractivity contribution in [1.82, 2.24) is 15.0 Å². The summed E-state index contributed by atoms with van der Waals surface area (Å²) in [5.74, 6) is 0.669. The lowest BCUT2D eigenvalue weighted by Crippen LogP contribution is -2.20. The molecule has 1 unspecified atom stereocenters. The number of ketones is 1. The molecule has 0 aliphatic heterocycles. The molecule has 1 aromatic carbocycles. The van der Waals surface area contributed by atoms with E-state index in [4.69, 9.17) is 23.2 Å². The van der Waals surface area contributed by atoms with Gasteiger partial charge in [0.25, 0.3) is 0 Å². The minimum absolute atomic E-state index is 0.0832. The van der Waals surface area contributed by atoms with E-state index in [1.54, 1.807) is 12.1 Å². The maximum absolute atomic E-state index is 12.0. The fraction of sp³-hybridized carbons (Fsp3) is 0.333. The average molecular weight is 337 g/mol. The number of nitrogens with one attached hydrogen (secondary N) is 1. The third kappa shape index (κ3) is 3.54. The van der Waals surface area contributed by atoms with Crippen molar-refractivity contribution in [2.24, 2.45) is 0 Å². The second-order valence-electron chi connectivity index (χ2n) is 5.18. The van der Waals surface area contributed by atoms with E-state index in [0.717, 1.165) is 24.9 Å². The van der Waals surface area contributed by atoms with E-state index in [0.29, 0.717) is 23.2 Å². The van der Waals surface area contributed by atoms with E-state index in [9.17, 15) is 4.79 Å². The van der Waals surface area contributed by atoms with Crippen LogP contribution in [0, 0.1) is 0 Å². The lowest BCUT2D eigenvalue weighted by molar-refractivity contribution is -0.122. The Kier molecular flexibility index (Phi) is 4.55. The normalized spacial score (nSPS) is 18.3. The summed E-state index contributed by atoms with van der Waals surface area (Å²) < 4.78 is 0. The molecule has 1 aromatic heterocycles.